The zero-order valence-electron chi connectivity index (χ0n) is 13.3. The summed E-state index contributed by atoms with van der Waals surface area (Å²) in [5.41, 5.74) is 2.23. The monoisotopic (exact) mass is 309 g/mol. The van der Waals surface area contributed by atoms with Gasteiger partial charge in [-0.15, -0.1) is 0 Å². The summed E-state index contributed by atoms with van der Waals surface area (Å²) in [7, 11) is 3.60. The predicted octanol–water partition coefficient (Wildman–Crippen LogP) is 2.37. The predicted molar refractivity (Wildman–Crippen MR) is 88.9 cm³/mol. The molecule has 23 heavy (non-hydrogen) atoms. The molecule has 118 valence electrons. The van der Waals surface area contributed by atoms with Gasteiger partial charge in [0.2, 0.25) is 0 Å². The van der Waals surface area contributed by atoms with E-state index in [1.54, 1.807) is 18.1 Å². The van der Waals surface area contributed by atoms with Gasteiger partial charge in [0.25, 0.3) is 0 Å². The standard InChI is InChI=1S/C17H19N5O/c1-21-16-15(9-20-21)17(19-11-18-16)22-8-7-13(10-22)12-3-5-14(23-2)6-4-12/h3-6,9,11,13H,7-8,10H2,1-2H3. The average molecular weight is 309 g/mol. The lowest BCUT2D eigenvalue weighted by molar-refractivity contribution is 0.414. The largest absolute Gasteiger partial charge is 0.497 e. The lowest BCUT2D eigenvalue weighted by Gasteiger charge is -2.18. The first-order chi connectivity index (χ1) is 11.3. The van der Waals surface area contributed by atoms with Crippen LogP contribution in [-0.4, -0.2) is 39.9 Å². The van der Waals surface area contributed by atoms with Crippen molar-refractivity contribution in [1.29, 1.82) is 0 Å². The van der Waals surface area contributed by atoms with E-state index in [1.165, 1.54) is 5.56 Å². The van der Waals surface area contributed by atoms with E-state index in [4.69, 9.17) is 4.74 Å². The van der Waals surface area contributed by atoms with Gasteiger partial charge in [-0.3, -0.25) is 4.68 Å². The molecule has 1 aliphatic rings. The van der Waals surface area contributed by atoms with Gasteiger partial charge in [-0.2, -0.15) is 5.10 Å². The van der Waals surface area contributed by atoms with E-state index in [1.807, 2.05) is 25.4 Å². The number of hydrogen-bond acceptors (Lipinski definition) is 5. The highest BCUT2D eigenvalue weighted by atomic mass is 16.5. The lowest BCUT2D eigenvalue weighted by Crippen LogP contribution is -2.20. The molecule has 6 heteroatoms. The van der Waals surface area contributed by atoms with E-state index in [0.717, 1.165) is 42.1 Å². The van der Waals surface area contributed by atoms with E-state index >= 15 is 0 Å². The van der Waals surface area contributed by atoms with Crippen molar-refractivity contribution >= 4 is 16.9 Å². The molecule has 1 saturated heterocycles. The Morgan fingerprint density at radius 3 is 2.78 bits per heavy atom. The van der Waals surface area contributed by atoms with Gasteiger partial charge in [-0.05, 0) is 24.1 Å². The van der Waals surface area contributed by atoms with Gasteiger partial charge in [0.15, 0.2) is 5.65 Å². The molecule has 1 unspecified atom stereocenters. The van der Waals surface area contributed by atoms with Crippen LogP contribution in [0.3, 0.4) is 0 Å². The Morgan fingerprint density at radius 2 is 2.00 bits per heavy atom. The summed E-state index contributed by atoms with van der Waals surface area (Å²) in [6.07, 6.45) is 4.60. The molecule has 0 radical (unpaired) electrons. The van der Waals surface area contributed by atoms with Crippen LogP contribution in [0.25, 0.3) is 11.0 Å². The molecule has 1 aromatic carbocycles. The summed E-state index contributed by atoms with van der Waals surface area (Å²) >= 11 is 0. The molecule has 0 saturated carbocycles. The van der Waals surface area contributed by atoms with E-state index in [9.17, 15) is 0 Å². The van der Waals surface area contributed by atoms with Gasteiger partial charge in [0.1, 0.15) is 17.9 Å². The zero-order chi connectivity index (χ0) is 15.8. The van der Waals surface area contributed by atoms with Crippen LogP contribution in [-0.2, 0) is 7.05 Å². The van der Waals surface area contributed by atoms with Crippen LogP contribution in [0.2, 0.25) is 0 Å². The Hall–Kier alpha value is -2.63. The number of hydrogen-bond donors (Lipinski definition) is 0. The number of ether oxygens (including phenoxy) is 1. The van der Waals surface area contributed by atoms with Gasteiger partial charge in [-0.25, -0.2) is 9.97 Å². The molecular weight excluding hydrogens is 290 g/mol. The first-order valence-electron chi connectivity index (χ1n) is 7.78. The van der Waals surface area contributed by atoms with Crippen LogP contribution in [0.5, 0.6) is 5.75 Å². The molecule has 2 aromatic heterocycles. The Kier molecular flexibility index (Phi) is 3.37. The Morgan fingerprint density at radius 1 is 1.17 bits per heavy atom. The van der Waals surface area contributed by atoms with Gasteiger partial charge in [-0.1, -0.05) is 12.1 Å². The van der Waals surface area contributed by atoms with E-state index < -0.39 is 0 Å². The number of anilines is 1. The summed E-state index contributed by atoms with van der Waals surface area (Å²) in [6.45, 7) is 1.96. The number of methoxy groups -OCH3 is 1. The molecule has 0 spiro atoms. The van der Waals surface area contributed by atoms with E-state index in [2.05, 4.69) is 32.1 Å². The van der Waals surface area contributed by atoms with Crippen LogP contribution in [0.15, 0.2) is 36.8 Å². The molecule has 6 nitrogen and oxygen atoms in total. The minimum absolute atomic E-state index is 0.516. The fourth-order valence-electron chi connectivity index (χ4n) is 3.30. The second-order valence-electron chi connectivity index (χ2n) is 5.91. The molecule has 1 aliphatic heterocycles. The molecule has 3 heterocycles. The molecular formula is C17H19N5O. The maximum absolute atomic E-state index is 5.24. The minimum Gasteiger partial charge on any atom is -0.497 e. The highest BCUT2D eigenvalue weighted by Crippen LogP contribution is 2.33. The number of rotatable bonds is 3. The smallest absolute Gasteiger partial charge is 0.163 e. The zero-order valence-corrected chi connectivity index (χ0v) is 13.3. The maximum atomic E-state index is 5.24. The van der Waals surface area contributed by atoms with Gasteiger partial charge in [0.05, 0.1) is 18.7 Å². The molecule has 0 amide bonds. The number of fused-ring (bicyclic) bond motifs is 1. The summed E-state index contributed by atoms with van der Waals surface area (Å²) in [5.74, 6) is 2.40. The van der Waals surface area contributed by atoms with Crippen molar-refractivity contribution in [2.24, 2.45) is 7.05 Å². The topological polar surface area (TPSA) is 56.1 Å². The molecule has 0 aliphatic carbocycles. The van der Waals surface area contributed by atoms with Gasteiger partial charge >= 0.3 is 0 Å². The van der Waals surface area contributed by atoms with E-state index in [0.29, 0.717) is 5.92 Å². The third-order valence-corrected chi connectivity index (χ3v) is 4.58. The first-order valence-corrected chi connectivity index (χ1v) is 7.78. The molecule has 0 N–H and O–H groups in total. The van der Waals surface area contributed by atoms with Gasteiger partial charge < -0.3 is 9.64 Å². The van der Waals surface area contributed by atoms with Gasteiger partial charge in [0, 0.05) is 26.1 Å². The third-order valence-electron chi connectivity index (χ3n) is 4.58. The number of aromatic nitrogens is 4. The Labute approximate surface area is 134 Å². The molecule has 3 aromatic rings. The number of aryl methyl sites for hydroxylation is 1. The third kappa shape index (κ3) is 2.40. The summed E-state index contributed by atoms with van der Waals surface area (Å²) in [6, 6.07) is 8.38. The molecule has 4 rings (SSSR count). The average Bonchev–Trinajstić information content (AvgIpc) is 3.22. The van der Waals surface area contributed by atoms with Crippen LogP contribution >= 0.6 is 0 Å². The SMILES string of the molecule is COc1ccc(C2CCN(c3ncnc4c3cnn4C)C2)cc1. The maximum Gasteiger partial charge on any atom is 0.163 e. The van der Waals surface area contributed by atoms with Crippen LogP contribution in [0.4, 0.5) is 5.82 Å². The van der Waals surface area contributed by atoms with Crippen LogP contribution < -0.4 is 9.64 Å². The van der Waals surface area contributed by atoms with Crippen LogP contribution in [0.1, 0.15) is 17.9 Å². The first kappa shape index (κ1) is 14.0. The summed E-state index contributed by atoms with van der Waals surface area (Å²) in [4.78, 5) is 11.2. The van der Waals surface area contributed by atoms with Crippen molar-refractivity contribution in [2.75, 3.05) is 25.1 Å². The number of benzene rings is 1. The Bertz CT molecular complexity index is 827. The number of nitrogens with zero attached hydrogens (tertiary/aromatic N) is 5. The van der Waals surface area contributed by atoms with Crippen molar-refractivity contribution in [3.63, 3.8) is 0 Å². The summed E-state index contributed by atoms with van der Waals surface area (Å²) < 4.78 is 7.03. The summed E-state index contributed by atoms with van der Waals surface area (Å²) in [5, 5.41) is 5.32. The van der Waals surface area contributed by atoms with Crippen molar-refractivity contribution in [2.45, 2.75) is 12.3 Å². The van der Waals surface area contributed by atoms with Crippen LogP contribution in [0, 0.1) is 0 Å². The molecule has 0 bridgehead atoms. The lowest BCUT2D eigenvalue weighted by atomic mass is 9.98. The quantitative estimate of drug-likeness (QED) is 0.743. The fourth-order valence-corrected chi connectivity index (χ4v) is 3.30. The molecule has 1 fully saturated rings. The van der Waals surface area contributed by atoms with E-state index in [-0.39, 0.29) is 0 Å². The van der Waals surface area contributed by atoms with Crippen molar-refractivity contribution in [3.8, 4) is 5.75 Å². The second kappa shape index (κ2) is 5.53. The molecule has 1 atom stereocenters. The Balaban J connectivity index is 1.59. The highest BCUT2D eigenvalue weighted by molar-refractivity contribution is 5.86. The van der Waals surface area contributed by atoms with Crippen molar-refractivity contribution in [3.05, 3.63) is 42.4 Å². The normalized spacial score (nSPS) is 17.8. The van der Waals surface area contributed by atoms with Crippen molar-refractivity contribution in [1.82, 2.24) is 19.7 Å². The van der Waals surface area contributed by atoms with Crippen molar-refractivity contribution < 1.29 is 4.74 Å². The second-order valence-corrected chi connectivity index (χ2v) is 5.91. The fraction of sp³-hybridized carbons (Fsp3) is 0.353. The minimum atomic E-state index is 0.516. The highest BCUT2D eigenvalue weighted by Gasteiger charge is 2.26.